The molecule has 0 unspecified atom stereocenters. The first-order chi connectivity index (χ1) is 13.1. The minimum atomic E-state index is -0.225. The van der Waals surface area contributed by atoms with Gasteiger partial charge in [-0.25, -0.2) is 0 Å². The van der Waals surface area contributed by atoms with E-state index in [4.69, 9.17) is 0 Å². The largest absolute Gasteiger partial charge is 0.508 e. The van der Waals surface area contributed by atoms with Gasteiger partial charge in [-0.1, -0.05) is 36.4 Å². The minimum absolute atomic E-state index is 0.105. The Morgan fingerprint density at radius 1 is 0.667 bits per heavy atom. The Labute approximate surface area is 156 Å². The zero-order chi connectivity index (χ0) is 18.8. The summed E-state index contributed by atoms with van der Waals surface area (Å²) in [6, 6.07) is 26.4. The molecule has 0 aromatic heterocycles. The number of hydrogen-bond donors (Lipinski definition) is 2. The maximum atomic E-state index is 13.4. The Kier molecular flexibility index (Phi) is 4.22. The monoisotopic (exact) mass is 355 g/mol. The van der Waals surface area contributed by atoms with E-state index in [2.05, 4.69) is 0 Å². The predicted octanol–water partition coefficient (Wildman–Crippen LogP) is 5.23. The summed E-state index contributed by atoms with van der Waals surface area (Å²) < 4.78 is 0. The molecular weight excluding hydrogens is 338 g/mol. The molecule has 0 radical (unpaired) electrons. The Bertz CT molecular complexity index is 1100. The molecule has 132 valence electrons. The van der Waals surface area contributed by atoms with Gasteiger partial charge in [0.15, 0.2) is 0 Å². The van der Waals surface area contributed by atoms with Crippen LogP contribution >= 0.6 is 0 Å². The Morgan fingerprint density at radius 3 is 1.96 bits per heavy atom. The first kappa shape index (κ1) is 16.7. The van der Waals surface area contributed by atoms with Crippen molar-refractivity contribution in [3.05, 3.63) is 96.6 Å². The topological polar surface area (TPSA) is 60.8 Å². The lowest BCUT2D eigenvalue weighted by Crippen LogP contribution is -2.26. The van der Waals surface area contributed by atoms with Crippen molar-refractivity contribution in [2.75, 3.05) is 4.90 Å². The summed E-state index contributed by atoms with van der Waals surface area (Å²) in [7, 11) is 0. The van der Waals surface area contributed by atoms with Gasteiger partial charge in [0.2, 0.25) is 0 Å². The van der Waals surface area contributed by atoms with E-state index in [9.17, 15) is 15.0 Å². The Hall–Kier alpha value is -3.79. The van der Waals surface area contributed by atoms with Gasteiger partial charge in [0.05, 0.1) is 5.69 Å². The average Bonchev–Trinajstić information content (AvgIpc) is 2.70. The number of nitrogens with zero attached hydrogens (tertiary/aromatic N) is 1. The van der Waals surface area contributed by atoms with Crippen LogP contribution in [-0.2, 0) is 0 Å². The zero-order valence-electron chi connectivity index (χ0n) is 14.4. The fourth-order valence-electron chi connectivity index (χ4n) is 3.10. The van der Waals surface area contributed by atoms with E-state index in [0.29, 0.717) is 11.3 Å². The highest BCUT2D eigenvalue weighted by atomic mass is 16.3. The number of phenolic OH excluding ortho intramolecular Hbond substituents is 2. The highest BCUT2D eigenvalue weighted by Crippen LogP contribution is 2.34. The molecule has 4 rings (SSSR count). The van der Waals surface area contributed by atoms with Crippen molar-refractivity contribution in [1.82, 2.24) is 0 Å². The molecule has 0 aliphatic rings. The molecule has 4 aromatic rings. The first-order valence-electron chi connectivity index (χ1n) is 8.54. The van der Waals surface area contributed by atoms with Crippen LogP contribution < -0.4 is 4.90 Å². The summed E-state index contributed by atoms with van der Waals surface area (Å²) in [6.45, 7) is 0. The van der Waals surface area contributed by atoms with Crippen LogP contribution in [0.25, 0.3) is 10.8 Å². The standard InChI is InChI=1S/C23H17NO3/c25-19-12-8-17(9-13-19)23(27)24(18-10-14-20(26)15-11-18)22-7-3-5-16-4-1-2-6-21(16)22/h1-15,25-26H. The number of carbonyl (C=O) groups excluding carboxylic acids is 1. The number of hydrogen-bond acceptors (Lipinski definition) is 3. The molecule has 0 atom stereocenters. The molecule has 0 saturated carbocycles. The van der Waals surface area contributed by atoms with Crippen LogP contribution in [0.15, 0.2) is 91.0 Å². The van der Waals surface area contributed by atoms with Crippen molar-refractivity contribution in [3.63, 3.8) is 0 Å². The van der Waals surface area contributed by atoms with E-state index in [1.54, 1.807) is 41.3 Å². The summed E-state index contributed by atoms with van der Waals surface area (Å²) in [5, 5.41) is 21.1. The summed E-state index contributed by atoms with van der Waals surface area (Å²) in [5.74, 6) is 0.0126. The van der Waals surface area contributed by atoms with Crippen LogP contribution in [-0.4, -0.2) is 16.1 Å². The van der Waals surface area contributed by atoms with E-state index in [-0.39, 0.29) is 17.4 Å². The van der Waals surface area contributed by atoms with Gasteiger partial charge in [0, 0.05) is 16.6 Å². The number of fused-ring (bicyclic) bond motifs is 1. The lowest BCUT2D eigenvalue weighted by molar-refractivity contribution is 0.0999. The van der Waals surface area contributed by atoms with Crippen molar-refractivity contribution in [2.45, 2.75) is 0 Å². The number of benzene rings is 4. The second kappa shape index (κ2) is 6.84. The van der Waals surface area contributed by atoms with Crippen LogP contribution in [0.1, 0.15) is 10.4 Å². The third kappa shape index (κ3) is 3.20. The van der Waals surface area contributed by atoms with Crippen molar-refractivity contribution in [3.8, 4) is 11.5 Å². The highest BCUT2D eigenvalue weighted by molar-refractivity contribution is 6.15. The average molecular weight is 355 g/mol. The van der Waals surface area contributed by atoms with E-state index in [1.165, 1.54) is 12.1 Å². The molecule has 4 heteroatoms. The smallest absolute Gasteiger partial charge is 0.262 e. The number of anilines is 2. The number of carbonyl (C=O) groups is 1. The molecule has 0 aliphatic carbocycles. The van der Waals surface area contributed by atoms with E-state index >= 15 is 0 Å². The molecule has 0 heterocycles. The molecule has 0 aliphatic heterocycles. The van der Waals surface area contributed by atoms with Gasteiger partial charge >= 0.3 is 0 Å². The molecule has 1 amide bonds. The first-order valence-corrected chi connectivity index (χ1v) is 8.54. The third-order valence-electron chi connectivity index (χ3n) is 4.43. The van der Waals surface area contributed by atoms with Crippen molar-refractivity contribution in [2.24, 2.45) is 0 Å². The fraction of sp³-hybridized carbons (Fsp3) is 0. The zero-order valence-corrected chi connectivity index (χ0v) is 14.4. The highest BCUT2D eigenvalue weighted by Gasteiger charge is 2.21. The van der Waals surface area contributed by atoms with E-state index < -0.39 is 0 Å². The van der Waals surface area contributed by atoms with Gasteiger partial charge in [-0.15, -0.1) is 0 Å². The summed E-state index contributed by atoms with van der Waals surface area (Å²) in [5.41, 5.74) is 1.84. The molecule has 27 heavy (non-hydrogen) atoms. The van der Waals surface area contributed by atoms with Crippen LogP contribution in [0.4, 0.5) is 11.4 Å². The van der Waals surface area contributed by atoms with Gasteiger partial charge in [0.25, 0.3) is 5.91 Å². The van der Waals surface area contributed by atoms with E-state index in [1.807, 2.05) is 42.5 Å². The quantitative estimate of drug-likeness (QED) is 0.529. The summed E-state index contributed by atoms with van der Waals surface area (Å²) in [4.78, 5) is 15.0. The maximum absolute atomic E-state index is 13.4. The molecule has 0 saturated heterocycles. The SMILES string of the molecule is O=C(c1ccc(O)cc1)N(c1ccc(O)cc1)c1cccc2ccccc12. The molecule has 0 bridgehead atoms. The van der Waals surface area contributed by atoms with Gasteiger partial charge in [-0.2, -0.15) is 0 Å². The normalized spacial score (nSPS) is 10.7. The van der Waals surface area contributed by atoms with Crippen LogP contribution in [0, 0.1) is 0 Å². The van der Waals surface area contributed by atoms with Crippen LogP contribution in [0.3, 0.4) is 0 Å². The molecule has 4 aromatic carbocycles. The second-order valence-electron chi connectivity index (χ2n) is 6.20. The van der Waals surface area contributed by atoms with Crippen molar-refractivity contribution in [1.29, 1.82) is 0 Å². The number of phenols is 2. The predicted molar refractivity (Wildman–Crippen MR) is 107 cm³/mol. The minimum Gasteiger partial charge on any atom is -0.508 e. The number of amides is 1. The van der Waals surface area contributed by atoms with Crippen molar-refractivity contribution < 1.29 is 15.0 Å². The summed E-state index contributed by atoms with van der Waals surface area (Å²) in [6.07, 6.45) is 0. The summed E-state index contributed by atoms with van der Waals surface area (Å²) >= 11 is 0. The third-order valence-corrected chi connectivity index (χ3v) is 4.43. The fourth-order valence-corrected chi connectivity index (χ4v) is 3.10. The van der Waals surface area contributed by atoms with Gasteiger partial charge < -0.3 is 10.2 Å². The lowest BCUT2D eigenvalue weighted by Gasteiger charge is -2.25. The number of rotatable bonds is 3. The van der Waals surface area contributed by atoms with Crippen molar-refractivity contribution >= 4 is 28.1 Å². The molecule has 0 fully saturated rings. The van der Waals surface area contributed by atoms with Gasteiger partial charge in [-0.05, 0) is 60.0 Å². The lowest BCUT2D eigenvalue weighted by atomic mass is 10.1. The molecule has 4 nitrogen and oxygen atoms in total. The molecule has 2 N–H and O–H groups in total. The van der Waals surface area contributed by atoms with Crippen LogP contribution in [0.2, 0.25) is 0 Å². The number of aromatic hydroxyl groups is 2. The Morgan fingerprint density at radius 2 is 1.26 bits per heavy atom. The van der Waals surface area contributed by atoms with Gasteiger partial charge in [-0.3, -0.25) is 9.69 Å². The Balaban J connectivity index is 1.91. The molecule has 0 spiro atoms. The molecular formula is C23H17NO3. The maximum Gasteiger partial charge on any atom is 0.262 e. The van der Waals surface area contributed by atoms with Gasteiger partial charge in [0.1, 0.15) is 11.5 Å². The van der Waals surface area contributed by atoms with E-state index in [0.717, 1.165) is 16.5 Å². The van der Waals surface area contributed by atoms with Crippen LogP contribution in [0.5, 0.6) is 11.5 Å². The second-order valence-corrected chi connectivity index (χ2v) is 6.20.